The molecule has 0 saturated heterocycles. The zero-order valence-corrected chi connectivity index (χ0v) is 31.5. The van der Waals surface area contributed by atoms with Gasteiger partial charge in [-0.15, -0.1) is 0 Å². The molecule has 0 aliphatic heterocycles. The van der Waals surface area contributed by atoms with Crippen molar-refractivity contribution in [1.82, 2.24) is 9.97 Å². The highest BCUT2D eigenvalue weighted by atomic mass is 16.5. The van der Waals surface area contributed by atoms with Crippen molar-refractivity contribution in [3.05, 3.63) is 144 Å². The molecular weight excluding hydrogens is 697 g/mol. The van der Waals surface area contributed by atoms with Crippen molar-refractivity contribution in [3.63, 3.8) is 0 Å². The molecule has 7 aromatic rings. The fourth-order valence-electron chi connectivity index (χ4n) is 6.24. The molecule has 5 aromatic carbocycles. The summed E-state index contributed by atoms with van der Waals surface area (Å²) in [4.78, 5) is 32.7. The Hall–Kier alpha value is -7.42. The summed E-state index contributed by atoms with van der Waals surface area (Å²) in [6.07, 6.45) is 3.77. The quantitative estimate of drug-likeness (QED) is 0.119. The molecule has 0 aliphatic carbocycles. The van der Waals surface area contributed by atoms with Gasteiger partial charge in [0.05, 0.1) is 35.4 Å². The Morgan fingerprint density at radius 3 is 1.30 bits per heavy atom. The van der Waals surface area contributed by atoms with Crippen molar-refractivity contribution in [2.75, 3.05) is 23.8 Å². The van der Waals surface area contributed by atoms with Crippen molar-refractivity contribution >= 4 is 45.0 Å². The average molecular weight is 735 g/mol. The molecular formula is C48H38N4O4. The topological polar surface area (TPSA) is 102 Å². The number of anilines is 2. The number of carbonyl (C=O) groups excluding carboxylic acids is 2. The first-order chi connectivity index (χ1) is 27.3. The molecule has 8 nitrogen and oxygen atoms in total. The maximum atomic E-state index is 11.5. The number of carbonyl (C=O) groups is 2. The second-order valence-electron chi connectivity index (χ2n) is 13.0. The number of aromatic nitrogens is 2. The minimum absolute atomic E-state index is 0.141. The van der Waals surface area contributed by atoms with Gasteiger partial charge in [0.25, 0.3) is 0 Å². The average Bonchev–Trinajstić information content (AvgIpc) is 3.20. The van der Waals surface area contributed by atoms with Crippen LogP contribution in [0.15, 0.2) is 122 Å². The number of pyridine rings is 2. The predicted octanol–water partition coefficient (Wildman–Crippen LogP) is 9.63. The number of nitrogens with one attached hydrogen (secondary N) is 2. The zero-order chi connectivity index (χ0) is 39.0. The van der Waals surface area contributed by atoms with Crippen LogP contribution in [-0.2, 0) is 9.59 Å². The fraction of sp³-hybridized carbons (Fsp3) is 0.125. The molecule has 0 fully saturated rings. The summed E-state index contributed by atoms with van der Waals surface area (Å²) in [5, 5.41) is 7.57. The third kappa shape index (κ3) is 8.68. The molecule has 0 radical (unpaired) electrons. The van der Waals surface area contributed by atoms with Gasteiger partial charge in [-0.1, -0.05) is 60.1 Å². The summed E-state index contributed by atoms with van der Waals surface area (Å²) < 4.78 is 11.5. The fourth-order valence-corrected chi connectivity index (χ4v) is 6.24. The molecule has 0 unspecified atom stereocenters. The van der Waals surface area contributed by atoms with E-state index in [1.165, 1.54) is 13.8 Å². The number of hydrogen-bond donors (Lipinski definition) is 2. The molecule has 7 rings (SSSR count). The summed E-state index contributed by atoms with van der Waals surface area (Å²) in [7, 11) is 0. The summed E-state index contributed by atoms with van der Waals surface area (Å²) in [5.41, 5.74) is 10.3. The van der Waals surface area contributed by atoms with Crippen LogP contribution in [0.1, 0.15) is 49.9 Å². The molecule has 0 aliphatic rings. The second-order valence-corrected chi connectivity index (χ2v) is 13.0. The van der Waals surface area contributed by atoms with E-state index in [2.05, 4.69) is 58.6 Å². The predicted molar refractivity (Wildman–Crippen MR) is 224 cm³/mol. The van der Waals surface area contributed by atoms with E-state index < -0.39 is 0 Å². The monoisotopic (exact) mass is 734 g/mol. The van der Waals surface area contributed by atoms with Crippen LogP contribution in [0.2, 0.25) is 0 Å². The minimum Gasteiger partial charge on any atom is -0.492 e. The zero-order valence-electron chi connectivity index (χ0n) is 31.5. The lowest BCUT2D eigenvalue weighted by Gasteiger charge is -2.09. The largest absolute Gasteiger partial charge is 0.492 e. The summed E-state index contributed by atoms with van der Waals surface area (Å²) >= 11 is 0. The number of hydrogen-bond acceptors (Lipinski definition) is 6. The second kappa shape index (κ2) is 16.7. The molecule has 2 heterocycles. The number of nitrogens with zero attached hydrogens (tertiary/aromatic N) is 2. The van der Waals surface area contributed by atoms with Crippen LogP contribution in [0.5, 0.6) is 11.5 Å². The van der Waals surface area contributed by atoms with E-state index in [-0.39, 0.29) is 11.8 Å². The molecule has 2 amide bonds. The van der Waals surface area contributed by atoms with Crippen molar-refractivity contribution in [2.24, 2.45) is 0 Å². The van der Waals surface area contributed by atoms with Gasteiger partial charge in [0, 0.05) is 82.8 Å². The Balaban J connectivity index is 1.06. The molecule has 0 bridgehead atoms. The van der Waals surface area contributed by atoms with Crippen LogP contribution < -0.4 is 20.1 Å². The highest BCUT2D eigenvalue weighted by molar-refractivity contribution is 6.04. The molecule has 274 valence electrons. The maximum Gasteiger partial charge on any atom is 0.221 e. The van der Waals surface area contributed by atoms with E-state index in [1.54, 1.807) is 12.1 Å². The van der Waals surface area contributed by atoms with Crippen LogP contribution in [0.3, 0.4) is 0 Å². The van der Waals surface area contributed by atoms with Gasteiger partial charge < -0.3 is 20.1 Å². The van der Waals surface area contributed by atoms with Crippen LogP contribution >= 0.6 is 0 Å². The van der Waals surface area contributed by atoms with E-state index in [0.29, 0.717) is 36.1 Å². The molecule has 2 aromatic heterocycles. The summed E-state index contributed by atoms with van der Waals surface area (Å²) in [5.74, 6) is 13.8. The van der Waals surface area contributed by atoms with E-state index in [9.17, 15) is 9.59 Å². The Morgan fingerprint density at radius 2 is 0.929 bits per heavy atom. The number of ether oxygens (including phenoxy) is 2. The van der Waals surface area contributed by atoms with E-state index in [4.69, 9.17) is 19.4 Å². The highest BCUT2D eigenvalue weighted by Gasteiger charge is 2.10. The number of rotatable bonds is 8. The molecule has 0 spiro atoms. The molecule has 8 heteroatoms. The number of benzene rings is 5. The lowest BCUT2D eigenvalue weighted by molar-refractivity contribution is -0.115. The van der Waals surface area contributed by atoms with Gasteiger partial charge in [0.2, 0.25) is 11.8 Å². The lowest BCUT2D eigenvalue weighted by Crippen LogP contribution is -2.06. The van der Waals surface area contributed by atoms with Crippen molar-refractivity contribution in [1.29, 1.82) is 0 Å². The lowest BCUT2D eigenvalue weighted by atomic mass is 10.0. The molecule has 56 heavy (non-hydrogen) atoms. The number of amides is 2. The van der Waals surface area contributed by atoms with Crippen molar-refractivity contribution in [2.45, 2.75) is 27.7 Å². The molecule has 0 saturated carbocycles. The highest BCUT2D eigenvalue weighted by Crippen LogP contribution is 2.30. The maximum absolute atomic E-state index is 11.5. The Kier molecular flexibility index (Phi) is 11.0. The van der Waals surface area contributed by atoms with Crippen LogP contribution in [0.4, 0.5) is 11.4 Å². The van der Waals surface area contributed by atoms with Crippen molar-refractivity contribution < 1.29 is 19.1 Å². The van der Waals surface area contributed by atoms with E-state index in [1.807, 2.05) is 99.0 Å². The van der Waals surface area contributed by atoms with Crippen LogP contribution in [0.25, 0.3) is 44.1 Å². The molecule has 0 atom stereocenters. The number of fused-ring (bicyclic) bond motifs is 3. The Bertz CT molecular complexity index is 2540. The van der Waals surface area contributed by atoms with Gasteiger partial charge in [-0.05, 0) is 85.6 Å². The van der Waals surface area contributed by atoms with Crippen molar-refractivity contribution in [3.8, 4) is 57.4 Å². The van der Waals surface area contributed by atoms with Crippen LogP contribution in [0, 0.1) is 23.7 Å². The minimum atomic E-state index is -0.141. The van der Waals surface area contributed by atoms with Gasteiger partial charge in [-0.2, -0.15) is 0 Å². The molecule has 2 N–H and O–H groups in total. The summed E-state index contributed by atoms with van der Waals surface area (Å²) in [6, 6.07) is 35.5. The first-order valence-electron chi connectivity index (χ1n) is 18.3. The van der Waals surface area contributed by atoms with E-state index in [0.717, 1.165) is 66.3 Å². The van der Waals surface area contributed by atoms with Gasteiger partial charge in [-0.25, -0.2) is 0 Å². The van der Waals surface area contributed by atoms with Gasteiger partial charge in [0.1, 0.15) is 11.5 Å². The third-order valence-electron chi connectivity index (χ3n) is 8.82. The third-order valence-corrected chi connectivity index (χ3v) is 8.82. The standard InChI is InChI=1S/C48H38N4O4/c1-5-55-45-27-43(51-31(3)53)23-21-37(45)17-11-33-7-13-35(14-8-33)41-25-39-19-20-40-26-42(30-50-48(40)47(39)49-29-41)36-15-9-34(10-16-36)12-18-38-22-24-44(52-32(4)54)28-46(38)56-6-2/h7-10,13-16,19-30H,5-6H2,1-4H3,(H,51,53)(H,52,54). The van der Waals surface area contributed by atoms with Gasteiger partial charge >= 0.3 is 0 Å². The smallest absolute Gasteiger partial charge is 0.221 e. The normalized spacial score (nSPS) is 10.5. The van der Waals surface area contributed by atoms with E-state index >= 15 is 0 Å². The Labute approximate surface area is 325 Å². The van der Waals surface area contributed by atoms with Gasteiger partial charge in [0.15, 0.2) is 0 Å². The SMILES string of the molecule is CCOc1cc(NC(C)=O)ccc1C#Cc1ccc(-c2cnc3c(ccc4cc(-c5ccc(C#Cc6ccc(NC(C)=O)cc6OCC)cc5)cnc43)c2)cc1. The van der Waals surface area contributed by atoms with Gasteiger partial charge in [-0.3, -0.25) is 19.6 Å². The Morgan fingerprint density at radius 1 is 0.518 bits per heavy atom. The first-order valence-corrected chi connectivity index (χ1v) is 18.3. The summed E-state index contributed by atoms with van der Waals surface area (Å²) in [6.45, 7) is 7.76. The van der Waals surface area contributed by atoms with Crippen LogP contribution in [-0.4, -0.2) is 35.0 Å². The first kappa shape index (κ1) is 36.9.